The first-order chi connectivity index (χ1) is 10.6. The van der Waals surface area contributed by atoms with E-state index in [0.29, 0.717) is 12.5 Å². The Labute approximate surface area is 129 Å². The number of carbonyl (C=O) groups excluding carboxylic acids is 1. The number of hydrogen-bond donors (Lipinski definition) is 0. The van der Waals surface area contributed by atoms with E-state index >= 15 is 0 Å². The monoisotopic (exact) mass is 302 g/mol. The largest absolute Gasteiger partial charge is 0.344 e. The molecule has 0 spiro atoms. The van der Waals surface area contributed by atoms with Crippen molar-refractivity contribution < 1.29 is 4.79 Å². The van der Waals surface area contributed by atoms with E-state index in [1.54, 1.807) is 10.7 Å². The molecule has 0 N–H and O–H groups in total. The van der Waals surface area contributed by atoms with Crippen LogP contribution in [0.25, 0.3) is 0 Å². The molecule has 22 heavy (non-hydrogen) atoms. The van der Waals surface area contributed by atoms with E-state index in [1.807, 2.05) is 11.9 Å². The third-order valence-electron chi connectivity index (χ3n) is 5.28. The first kappa shape index (κ1) is 13.9. The summed E-state index contributed by atoms with van der Waals surface area (Å²) in [6.07, 6.45) is 4.03. The fourth-order valence-electron chi connectivity index (χ4n) is 3.94. The van der Waals surface area contributed by atoms with Gasteiger partial charge in [-0.2, -0.15) is 5.10 Å². The third kappa shape index (κ3) is 2.26. The highest BCUT2D eigenvalue weighted by atomic mass is 16.2. The molecule has 1 amide bonds. The molecule has 6 nitrogen and oxygen atoms in total. The maximum Gasteiger partial charge on any atom is 0.267 e. The van der Waals surface area contributed by atoms with Gasteiger partial charge in [0.05, 0.1) is 18.3 Å². The fourth-order valence-corrected chi connectivity index (χ4v) is 3.94. The number of carbonyl (C=O) groups is 1. The van der Waals surface area contributed by atoms with Crippen LogP contribution in [0.1, 0.15) is 24.1 Å². The average Bonchev–Trinajstić information content (AvgIpc) is 3.02. The first-order valence-corrected chi connectivity index (χ1v) is 8.21. The lowest BCUT2D eigenvalue weighted by atomic mass is 9.97. The van der Waals surface area contributed by atoms with Crippen LogP contribution in [0.15, 0.2) is 10.9 Å². The van der Waals surface area contributed by atoms with Gasteiger partial charge < -0.3 is 4.90 Å². The van der Waals surface area contributed by atoms with Crippen molar-refractivity contribution in [2.24, 2.45) is 5.92 Å². The topological polar surface area (TPSA) is 58.4 Å². The Bertz CT molecular complexity index is 663. The summed E-state index contributed by atoms with van der Waals surface area (Å²) >= 11 is 0. The summed E-state index contributed by atoms with van der Waals surface area (Å²) in [6.45, 7) is 3.33. The fraction of sp³-hybridized carbons (Fsp3) is 0.688. The lowest BCUT2D eigenvalue weighted by molar-refractivity contribution is -0.133. The molecule has 0 radical (unpaired) electrons. The van der Waals surface area contributed by atoms with Crippen molar-refractivity contribution in [1.29, 1.82) is 0 Å². The quantitative estimate of drug-likeness (QED) is 0.782. The van der Waals surface area contributed by atoms with Gasteiger partial charge in [0.1, 0.15) is 0 Å². The van der Waals surface area contributed by atoms with Crippen LogP contribution in [0.3, 0.4) is 0 Å². The summed E-state index contributed by atoms with van der Waals surface area (Å²) < 4.78 is 1.63. The van der Waals surface area contributed by atoms with Gasteiger partial charge in [-0.1, -0.05) is 0 Å². The second-order valence-electron chi connectivity index (χ2n) is 6.87. The Morgan fingerprint density at radius 2 is 2.09 bits per heavy atom. The molecule has 1 aromatic heterocycles. The van der Waals surface area contributed by atoms with E-state index in [-0.39, 0.29) is 17.5 Å². The molecule has 118 valence electrons. The van der Waals surface area contributed by atoms with Crippen molar-refractivity contribution in [2.45, 2.75) is 38.3 Å². The van der Waals surface area contributed by atoms with Gasteiger partial charge in [-0.3, -0.25) is 14.5 Å². The number of hydrogen-bond acceptors (Lipinski definition) is 4. The summed E-state index contributed by atoms with van der Waals surface area (Å²) in [5.41, 5.74) is 2.26. The van der Waals surface area contributed by atoms with Crippen molar-refractivity contribution in [3.8, 4) is 0 Å². The molecule has 2 fully saturated rings. The molecular weight excluding hydrogens is 280 g/mol. The minimum absolute atomic E-state index is 0.0239. The normalized spacial score (nSPS) is 25.6. The zero-order valence-corrected chi connectivity index (χ0v) is 13.0. The van der Waals surface area contributed by atoms with Crippen LogP contribution in [0.4, 0.5) is 0 Å². The first-order valence-electron chi connectivity index (χ1n) is 8.21. The zero-order chi connectivity index (χ0) is 15.3. The van der Waals surface area contributed by atoms with Crippen LogP contribution in [0, 0.1) is 5.92 Å². The second kappa shape index (κ2) is 5.19. The Kier molecular flexibility index (Phi) is 3.29. The standard InChI is InChI=1S/C16H22N4O2/c1-18-6-5-14(16(18)22)19-8-11(9-19)10-20-15(21)7-12-3-2-4-13(12)17-20/h7,11,14H,2-6,8-10H2,1H3. The predicted octanol–water partition coefficient (Wildman–Crippen LogP) is -0.105. The van der Waals surface area contributed by atoms with Gasteiger partial charge in [0.25, 0.3) is 5.56 Å². The predicted molar refractivity (Wildman–Crippen MR) is 81.6 cm³/mol. The summed E-state index contributed by atoms with van der Waals surface area (Å²) in [6, 6.07) is 1.83. The minimum Gasteiger partial charge on any atom is -0.344 e. The number of aromatic nitrogens is 2. The molecule has 1 aromatic rings. The van der Waals surface area contributed by atoms with E-state index in [1.165, 1.54) is 0 Å². The van der Waals surface area contributed by atoms with Crippen molar-refractivity contribution in [3.63, 3.8) is 0 Å². The van der Waals surface area contributed by atoms with E-state index < -0.39 is 0 Å². The molecule has 1 atom stereocenters. The highest BCUT2D eigenvalue weighted by Gasteiger charge is 2.40. The van der Waals surface area contributed by atoms with E-state index in [2.05, 4.69) is 10.00 Å². The molecule has 1 unspecified atom stereocenters. The maximum atomic E-state index is 12.1. The van der Waals surface area contributed by atoms with Crippen molar-refractivity contribution in [2.75, 3.05) is 26.7 Å². The average molecular weight is 302 g/mol. The molecule has 2 saturated heterocycles. The van der Waals surface area contributed by atoms with E-state index in [9.17, 15) is 9.59 Å². The molecule has 1 aliphatic carbocycles. The molecule has 0 saturated carbocycles. The third-order valence-corrected chi connectivity index (χ3v) is 5.28. The van der Waals surface area contributed by atoms with Crippen molar-refractivity contribution in [1.82, 2.24) is 19.6 Å². The summed E-state index contributed by atoms with van der Waals surface area (Å²) in [5.74, 6) is 0.676. The number of fused-ring (bicyclic) bond motifs is 1. The molecule has 0 aromatic carbocycles. The number of likely N-dealkylation sites (N-methyl/N-ethyl adjacent to an activating group) is 1. The zero-order valence-electron chi connectivity index (χ0n) is 13.0. The van der Waals surface area contributed by atoms with Crippen molar-refractivity contribution >= 4 is 5.91 Å². The Hall–Kier alpha value is -1.69. The van der Waals surface area contributed by atoms with Crippen LogP contribution < -0.4 is 5.56 Å². The molecular formula is C16H22N4O2. The lowest BCUT2D eigenvalue weighted by Gasteiger charge is -2.42. The highest BCUT2D eigenvalue weighted by molar-refractivity contribution is 5.83. The molecule has 0 bridgehead atoms. The second-order valence-corrected chi connectivity index (χ2v) is 6.87. The van der Waals surface area contributed by atoms with Gasteiger partial charge in [0, 0.05) is 38.7 Å². The highest BCUT2D eigenvalue weighted by Crippen LogP contribution is 2.25. The smallest absolute Gasteiger partial charge is 0.267 e. The summed E-state index contributed by atoms with van der Waals surface area (Å²) in [7, 11) is 1.87. The van der Waals surface area contributed by atoms with Gasteiger partial charge in [-0.05, 0) is 31.2 Å². The number of likely N-dealkylation sites (tertiary alicyclic amines) is 2. The van der Waals surface area contributed by atoms with Crippen LogP contribution in [0.5, 0.6) is 0 Å². The van der Waals surface area contributed by atoms with Crippen LogP contribution >= 0.6 is 0 Å². The summed E-state index contributed by atoms with van der Waals surface area (Å²) in [5, 5.41) is 4.53. The molecule has 4 rings (SSSR count). The van der Waals surface area contributed by atoms with E-state index in [0.717, 1.165) is 56.6 Å². The van der Waals surface area contributed by atoms with Crippen LogP contribution in [-0.2, 0) is 24.2 Å². The molecule has 3 aliphatic rings. The van der Waals surface area contributed by atoms with Crippen molar-refractivity contribution in [3.05, 3.63) is 27.7 Å². The maximum absolute atomic E-state index is 12.1. The SMILES string of the molecule is CN1CCC(N2CC(Cn3nc4c(cc3=O)CCC4)C2)C1=O. The lowest BCUT2D eigenvalue weighted by Crippen LogP contribution is -2.56. The molecule has 2 aliphatic heterocycles. The Morgan fingerprint density at radius 1 is 1.27 bits per heavy atom. The molecule has 6 heteroatoms. The number of amides is 1. The van der Waals surface area contributed by atoms with Crippen LogP contribution in [-0.4, -0.2) is 58.2 Å². The number of rotatable bonds is 3. The number of aryl methyl sites for hydroxylation is 2. The van der Waals surface area contributed by atoms with Crippen LogP contribution in [0.2, 0.25) is 0 Å². The van der Waals surface area contributed by atoms with Gasteiger partial charge in [0.2, 0.25) is 5.91 Å². The molecule has 3 heterocycles. The Balaban J connectivity index is 1.39. The summed E-state index contributed by atoms with van der Waals surface area (Å²) in [4.78, 5) is 28.2. The van der Waals surface area contributed by atoms with E-state index in [4.69, 9.17) is 0 Å². The Morgan fingerprint density at radius 3 is 2.82 bits per heavy atom. The van der Waals surface area contributed by atoms with Gasteiger partial charge in [-0.25, -0.2) is 4.68 Å². The number of nitrogens with zero attached hydrogens (tertiary/aromatic N) is 4. The van der Waals surface area contributed by atoms with Gasteiger partial charge in [0.15, 0.2) is 0 Å². The van der Waals surface area contributed by atoms with Gasteiger partial charge in [-0.15, -0.1) is 0 Å². The minimum atomic E-state index is 0.0239. The van der Waals surface area contributed by atoms with Gasteiger partial charge >= 0.3 is 0 Å².